The normalized spacial score (nSPS) is 16.4. The molecule has 8 nitrogen and oxygen atoms in total. The highest BCUT2D eigenvalue weighted by atomic mass is 32.1. The molecule has 1 unspecified atom stereocenters. The lowest BCUT2D eigenvalue weighted by atomic mass is 9.99. The Morgan fingerprint density at radius 3 is 2.72 bits per heavy atom. The third-order valence-electron chi connectivity index (χ3n) is 6.52. The molecule has 1 saturated heterocycles. The van der Waals surface area contributed by atoms with Crippen molar-refractivity contribution >= 4 is 41.1 Å². The number of carbonyl (C=O) groups excluding carboxylic acids is 2. The van der Waals surface area contributed by atoms with Gasteiger partial charge in [0, 0.05) is 36.9 Å². The molecule has 0 aliphatic carbocycles. The maximum Gasteiger partial charge on any atom is 0.331 e. The predicted molar refractivity (Wildman–Crippen MR) is 151 cm³/mol. The maximum atomic E-state index is 15.2. The van der Waals surface area contributed by atoms with Crippen molar-refractivity contribution in [2.24, 2.45) is 5.92 Å². The summed E-state index contributed by atoms with van der Waals surface area (Å²) in [5.41, 5.74) is 0.705. The second kappa shape index (κ2) is 11.8. The summed E-state index contributed by atoms with van der Waals surface area (Å²) < 4.78 is 21.7. The molecule has 0 bridgehead atoms. The lowest BCUT2D eigenvalue weighted by Gasteiger charge is -2.32. The number of pyridine rings is 1. The molecule has 0 saturated carbocycles. The third-order valence-corrected chi connectivity index (χ3v) is 7.45. The zero-order chi connectivity index (χ0) is 28.3. The van der Waals surface area contributed by atoms with Crippen molar-refractivity contribution in [1.82, 2.24) is 14.4 Å². The minimum atomic E-state index is -0.695. The minimum Gasteiger partial charge on any atom is -0.457 e. The van der Waals surface area contributed by atoms with Gasteiger partial charge in [-0.3, -0.25) is 9.20 Å². The molecular formula is C29H35FN4O4S. The zero-order valence-electron chi connectivity index (χ0n) is 23.1. The molecule has 4 rings (SSSR count). The number of aryl methyl sites for hydroxylation is 2. The first-order chi connectivity index (χ1) is 18.4. The van der Waals surface area contributed by atoms with E-state index in [0.29, 0.717) is 48.9 Å². The van der Waals surface area contributed by atoms with E-state index in [1.165, 1.54) is 16.6 Å². The SMILES string of the molecule is CC(C)c1csc(CCc2cc3nc(N4CCCC(C=O)C4)c(/C=C/C(=O)OC(C)(C)C)c(=O)n3cc2F)n1. The number of halogens is 1. The Labute approximate surface area is 231 Å². The quantitative estimate of drug-likeness (QED) is 0.221. The van der Waals surface area contributed by atoms with Gasteiger partial charge in [0.1, 0.15) is 29.2 Å². The van der Waals surface area contributed by atoms with E-state index in [0.717, 1.165) is 36.0 Å². The molecule has 0 amide bonds. The highest BCUT2D eigenvalue weighted by Crippen LogP contribution is 2.26. The average Bonchev–Trinajstić information content (AvgIpc) is 3.36. The summed E-state index contributed by atoms with van der Waals surface area (Å²) in [6, 6.07) is 1.60. The summed E-state index contributed by atoms with van der Waals surface area (Å²) in [5.74, 6) is -0.605. The molecule has 1 atom stereocenters. The van der Waals surface area contributed by atoms with Crippen LogP contribution in [-0.2, 0) is 27.2 Å². The molecule has 208 valence electrons. The fourth-order valence-corrected chi connectivity index (χ4v) is 5.49. The van der Waals surface area contributed by atoms with Gasteiger partial charge in [0.25, 0.3) is 5.56 Å². The summed E-state index contributed by atoms with van der Waals surface area (Å²) in [6.45, 7) is 10.4. The van der Waals surface area contributed by atoms with Crippen molar-refractivity contribution < 1.29 is 18.7 Å². The van der Waals surface area contributed by atoms with E-state index in [-0.39, 0.29) is 11.5 Å². The average molecular weight is 555 g/mol. The lowest BCUT2D eigenvalue weighted by molar-refractivity contribution is -0.148. The summed E-state index contributed by atoms with van der Waals surface area (Å²) in [7, 11) is 0. The smallest absolute Gasteiger partial charge is 0.331 e. The topological polar surface area (TPSA) is 93.9 Å². The van der Waals surface area contributed by atoms with Crippen molar-refractivity contribution in [1.29, 1.82) is 0 Å². The van der Waals surface area contributed by atoms with Gasteiger partial charge < -0.3 is 14.4 Å². The Hall–Kier alpha value is -3.40. The van der Waals surface area contributed by atoms with E-state index >= 15 is 4.39 Å². The lowest BCUT2D eigenvalue weighted by Crippen LogP contribution is -2.38. The molecular weight excluding hydrogens is 519 g/mol. The Balaban J connectivity index is 1.73. The molecule has 3 aromatic rings. The first-order valence-corrected chi connectivity index (χ1v) is 14.1. The van der Waals surface area contributed by atoms with E-state index in [1.807, 2.05) is 10.3 Å². The largest absolute Gasteiger partial charge is 0.457 e. The first kappa shape index (κ1) is 28.6. The van der Waals surface area contributed by atoms with Gasteiger partial charge in [-0.15, -0.1) is 11.3 Å². The number of carbonyl (C=O) groups is 2. The molecule has 4 heterocycles. The molecule has 0 spiro atoms. The van der Waals surface area contributed by atoms with E-state index in [4.69, 9.17) is 9.72 Å². The molecule has 0 N–H and O–H groups in total. The van der Waals surface area contributed by atoms with Crippen LogP contribution in [0.2, 0.25) is 0 Å². The van der Waals surface area contributed by atoms with Crippen molar-refractivity contribution in [3.63, 3.8) is 0 Å². The Morgan fingerprint density at radius 2 is 2.05 bits per heavy atom. The third kappa shape index (κ3) is 6.98. The summed E-state index contributed by atoms with van der Waals surface area (Å²) in [6.07, 6.45) is 7.15. The molecule has 1 aliphatic heterocycles. The highest BCUT2D eigenvalue weighted by Gasteiger charge is 2.25. The Morgan fingerprint density at radius 1 is 1.28 bits per heavy atom. The molecule has 39 heavy (non-hydrogen) atoms. The van der Waals surface area contributed by atoms with Gasteiger partial charge in [-0.05, 0) is 63.7 Å². The standard InChI is InChI=1S/C29H35FN4O4S/c1-18(2)23-17-39-25(31-23)10-8-20-13-24-32-27(33-12-6-7-19(14-33)16-35)21(28(37)34(24)15-22(20)30)9-11-26(36)38-29(3,4)5/h9,11,13,15-19H,6-8,10,12,14H2,1-5H3/b11-9+. The van der Waals surface area contributed by atoms with Gasteiger partial charge in [-0.2, -0.15) is 0 Å². The molecule has 3 aromatic heterocycles. The monoisotopic (exact) mass is 554 g/mol. The number of hydrogen-bond donors (Lipinski definition) is 0. The highest BCUT2D eigenvalue weighted by molar-refractivity contribution is 7.09. The van der Waals surface area contributed by atoms with Crippen molar-refractivity contribution in [3.8, 4) is 0 Å². The summed E-state index contributed by atoms with van der Waals surface area (Å²) >= 11 is 1.56. The number of aromatic nitrogens is 3. The second-order valence-corrected chi connectivity index (χ2v) is 12.1. The molecule has 10 heteroatoms. The molecule has 0 aromatic carbocycles. The van der Waals surface area contributed by atoms with E-state index in [9.17, 15) is 14.4 Å². The van der Waals surface area contributed by atoms with E-state index in [1.54, 1.807) is 38.2 Å². The zero-order valence-corrected chi connectivity index (χ0v) is 23.9. The Bertz CT molecular complexity index is 1450. The first-order valence-electron chi connectivity index (χ1n) is 13.3. The molecule has 1 aliphatic rings. The van der Waals surface area contributed by atoms with Gasteiger partial charge >= 0.3 is 5.97 Å². The number of fused-ring (bicyclic) bond motifs is 1. The van der Waals surface area contributed by atoms with Gasteiger partial charge in [0.05, 0.1) is 22.5 Å². The van der Waals surface area contributed by atoms with E-state index in [2.05, 4.69) is 18.8 Å². The van der Waals surface area contributed by atoms with Crippen molar-refractivity contribution in [2.75, 3.05) is 18.0 Å². The van der Waals surface area contributed by atoms with Gasteiger partial charge in [0.2, 0.25) is 0 Å². The maximum absolute atomic E-state index is 15.2. The fraction of sp³-hybridized carbons (Fsp3) is 0.483. The van der Waals surface area contributed by atoms with Crippen LogP contribution in [0, 0.1) is 11.7 Å². The van der Waals surface area contributed by atoms with Crippen LogP contribution in [-0.4, -0.2) is 45.3 Å². The van der Waals surface area contributed by atoms with Crippen LogP contribution in [0.25, 0.3) is 11.7 Å². The predicted octanol–water partition coefficient (Wildman–Crippen LogP) is 4.97. The number of anilines is 1. The van der Waals surface area contributed by atoms with Crippen LogP contribution < -0.4 is 10.5 Å². The van der Waals surface area contributed by atoms with Crippen LogP contribution in [0.1, 0.15) is 75.2 Å². The number of hydrogen-bond acceptors (Lipinski definition) is 8. The van der Waals surface area contributed by atoms with Gasteiger partial charge in [0.15, 0.2) is 0 Å². The molecule has 1 fully saturated rings. The van der Waals surface area contributed by atoms with Crippen molar-refractivity contribution in [3.05, 3.63) is 61.7 Å². The van der Waals surface area contributed by atoms with Crippen LogP contribution in [0.15, 0.2) is 28.5 Å². The van der Waals surface area contributed by atoms with Crippen LogP contribution >= 0.6 is 11.3 Å². The number of piperidine rings is 1. The minimum absolute atomic E-state index is 0.140. The Kier molecular flexibility index (Phi) is 8.64. The number of esters is 1. The van der Waals surface area contributed by atoms with E-state index < -0.39 is 22.9 Å². The molecule has 0 radical (unpaired) electrons. The number of thiazole rings is 1. The van der Waals surface area contributed by atoms with Crippen molar-refractivity contribution in [2.45, 2.75) is 71.8 Å². The number of ether oxygens (including phenoxy) is 1. The van der Waals surface area contributed by atoms with Gasteiger partial charge in [-0.25, -0.2) is 19.2 Å². The number of aldehydes is 1. The van der Waals surface area contributed by atoms with Gasteiger partial charge in [-0.1, -0.05) is 13.8 Å². The summed E-state index contributed by atoms with van der Waals surface area (Å²) in [5, 5.41) is 2.96. The number of nitrogens with zero attached hydrogens (tertiary/aromatic N) is 4. The van der Waals surface area contributed by atoms with Crippen LogP contribution in [0.5, 0.6) is 0 Å². The van der Waals surface area contributed by atoms with Crippen LogP contribution in [0.4, 0.5) is 10.2 Å². The number of rotatable bonds is 8. The summed E-state index contributed by atoms with van der Waals surface area (Å²) in [4.78, 5) is 48.8. The fourth-order valence-electron chi connectivity index (χ4n) is 4.53. The second-order valence-electron chi connectivity index (χ2n) is 11.2. The van der Waals surface area contributed by atoms with Crippen LogP contribution in [0.3, 0.4) is 0 Å².